The minimum Gasteiger partial charge on any atom is -0.492 e. The fraction of sp³-hybridized carbons (Fsp3) is 0.571. The Labute approximate surface area is 114 Å². The van der Waals surface area contributed by atoms with E-state index in [1.165, 1.54) is 0 Å². The summed E-state index contributed by atoms with van der Waals surface area (Å²) >= 11 is 6.03. The van der Waals surface area contributed by atoms with Crippen LogP contribution in [-0.4, -0.2) is 32.9 Å². The molecule has 0 saturated carbocycles. The van der Waals surface area contributed by atoms with Crippen molar-refractivity contribution >= 4 is 11.6 Å². The first-order chi connectivity index (χ1) is 8.74. The Balaban J connectivity index is 2.09. The summed E-state index contributed by atoms with van der Waals surface area (Å²) < 4.78 is 11.1. The second-order valence-corrected chi connectivity index (χ2v) is 4.51. The van der Waals surface area contributed by atoms with Gasteiger partial charge in [0.2, 0.25) is 0 Å². The van der Waals surface area contributed by atoms with Gasteiger partial charge in [-0.2, -0.15) is 0 Å². The lowest BCUT2D eigenvalue weighted by molar-refractivity contribution is 0.121. The summed E-state index contributed by atoms with van der Waals surface area (Å²) in [6.45, 7) is 8.09. The molecule has 1 aromatic carbocycles. The second-order valence-electron chi connectivity index (χ2n) is 4.10. The molecule has 0 bridgehead atoms. The van der Waals surface area contributed by atoms with E-state index in [4.69, 9.17) is 21.1 Å². The lowest BCUT2D eigenvalue weighted by Gasteiger charge is -2.09. The van der Waals surface area contributed by atoms with Gasteiger partial charge < -0.3 is 14.8 Å². The molecule has 0 fully saturated rings. The highest BCUT2D eigenvalue weighted by molar-refractivity contribution is 6.32. The Morgan fingerprint density at radius 3 is 2.83 bits per heavy atom. The van der Waals surface area contributed by atoms with Crippen molar-refractivity contribution in [3.63, 3.8) is 0 Å². The van der Waals surface area contributed by atoms with E-state index in [-0.39, 0.29) is 0 Å². The maximum absolute atomic E-state index is 6.03. The summed E-state index contributed by atoms with van der Waals surface area (Å²) in [6, 6.07) is 5.78. The van der Waals surface area contributed by atoms with Crippen LogP contribution >= 0.6 is 11.6 Å². The van der Waals surface area contributed by atoms with Crippen molar-refractivity contribution in [2.75, 3.05) is 32.9 Å². The highest BCUT2D eigenvalue weighted by Crippen LogP contribution is 2.25. The Bertz CT molecular complexity index is 345. The second kappa shape index (κ2) is 9.20. The Kier molecular flexibility index (Phi) is 7.81. The largest absolute Gasteiger partial charge is 0.492 e. The van der Waals surface area contributed by atoms with Gasteiger partial charge in [0, 0.05) is 19.6 Å². The van der Waals surface area contributed by atoms with Crippen LogP contribution in [0.2, 0.25) is 5.02 Å². The number of rotatable bonds is 9. The van der Waals surface area contributed by atoms with E-state index in [1.807, 2.05) is 25.1 Å². The van der Waals surface area contributed by atoms with Crippen molar-refractivity contribution in [2.45, 2.75) is 20.3 Å². The molecule has 1 aromatic rings. The molecule has 0 heterocycles. The zero-order valence-corrected chi connectivity index (χ0v) is 11.9. The van der Waals surface area contributed by atoms with Crippen LogP contribution in [0.5, 0.6) is 5.75 Å². The highest BCUT2D eigenvalue weighted by Gasteiger charge is 2.01. The van der Waals surface area contributed by atoms with Crippen LogP contribution in [0.3, 0.4) is 0 Å². The van der Waals surface area contributed by atoms with E-state index in [2.05, 4.69) is 12.2 Å². The van der Waals surface area contributed by atoms with Crippen LogP contribution < -0.4 is 10.1 Å². The normalized spacial score (nSPS) is 10.6. The van der Waals surface area contributed by atoms with E-state index < -0.39 is 0 Å². The van der Waals surface area contributed by atoms with E-state index in [1.54, 1.807) is 0 Å². The number of likely N-dealkylation sites (N-methyl/N-ethyl adjacent to an activating group) is 1. The predicted molar refractivity (Wildman–Crippen MR) is 75.7 cm³/mol. The van der Waals surface area contributed by atoms with Gasteiger partial charge in [0.25, 0.3) is 0 Å². The molecule has 1 N–H and O–H groups in total. The molecule has 0 aliphatic heterocycles. The average molecular weight is 272 g/mol. The van der Waals surface area contributed by atoms with Crippen molar-refractivity contribution in [1.29, 1.82) is 0 Å². The Hall–Kier alpha value is -0.770. The van der Waals surface area contributed by atoms with Gasteiger partial charge in [-0.3, -0.25) is 0 Å². The number of hydrogen-bond acceptors (Lipinski definition) is 3. The number of nitrogens with one attached hydrogen (secondary N) is 1. The highest BCUT2D eigenvalue weighted by atomic mass is 35.5. The third-order valence-electron chi connectivity index (χ3n) is 2.45. The van der Waals surface area contributed by atoms with E-state index >= 15 is 0 Å². The lowest BCUT2D eigenvalue weighted by Crippen LogP contribution is -2.19. The van der Waals surface area contributed by atoms with Crippen molar-refractivity contribution < 1.29 is 9.47 Å². The molecule has 1 rings (SSSR count). The maximum atomic E-state index is 6.03. The third kappa shape index (κ3) is 6.24. The molecule has 0 saturated heterocycles. The molecule has 4 heteroatoms. The molecule has 0 aliphatic carbocycles. The summed E-state index contributed by atoms with van der Waals surface area (Å²) in [7, 11) is 0. The van der Waals surface area contributed by atoms with Crippen LogP contribution in [0.25, 0.3) is 0 Å². The summed E-state index contributed by atoms with van der Waals surface area (Å²) in [6.07, 6.45) is 0.871. The first-order valence-corrected chi connectivity index (χ1v) is 6.79. The van der Waals surface area contributed by atoms with Gasteiger partial charge in [0.15, 0.2) is 0 Å². The Morgan fingerprint density at radius 1 is 1.22 bits per heavy atom. The fourth-order valence-corrected chi connectivity index (χ4v) is 1.66. The zero-order chi connectivity index (χ0) is 13.2. The van der Waals surface area contributed by atoms with Crippen LogP contribution in [0.1, 0.15) is 18.9 Å². The standard InChI is InChI=1S/C14H22ClNO2/c1-3-16-7-10-17-8-4-9-18-14-11-12(2)5-6-13(14)15/h5-6,11,16H,3-4,7-10H2,1-2H3. The first-order valence-electron chi connectivity index (χ1n) is 6.41. The maximum Gasteiger partial charge on any atom is 0.138 e. The topological polar surface area (TPSA) is 30.5 Å². The summed E-state index contributed by atoms with van der Waals surface area (Å²) in [4.78, 5) is 0. The van der Waals surface area contributed by atoms with E-state index in [0.29, 0.717) is 11.6 Å². The molecule has 0 unspecified atom stereocenters. The van der Waals surface area contributed by atoms with E-state index in [9.17, 15) is 0 Å². The number of ether oxygens (including phenoxy) is 2. The van der Waals surface area contributed by atoms with Crippen LogP contribution in [0.15, 0.2) is 18.2 Å². The van der Waals surface area contributed by atoms with Gasteiger partial charge in [-0.1, -0.05) is 24.6 Å². The Morgan fingerprint density at radius 2 is 2.06 bits per heavy atom. The first kappa shape index (κ1) is 15.3. The zero-order valence-electron chi connectivity index (χ0n) is 11.2. The van der Waals surface area contributed by atoms with Crippen molar-refractivity contribution in [2.24, 2.45) is 0 Å². The molecule has 18 heavy (non-hydrogen) atoms. The monoisotopic (exact) mass is 271 g/mol. The molecule has 0 aromatic heterocycles. The average Bonchev–Trinajstić information content (AvgIpc) is 2.36. The van der Waals surface area contributed by atoms with Crippen LogP contribution in [-0.2, 0) is 4.74 Å². The van der Waals surface area contributed by atoms with Crippen LogP contribution in [0, 0.1) is 6.92 Å². The van der Waals surface area contributed by atoms with Crippen molar-refractivity contribution in [3.8, 4) is 5.75 Å². The third-order valence-corrected chi connectivity index (χ3v) is 2.76. The molecule has 0 atom stereocenters. The fourth-order valence-electron chi connectivity index (χ4n) is 1.49. The summed E-state index contributed by atoms with van der Waals surface area (Å²) in [5.41, 5.74) is 1.15. The van der Waals surface area contributed by atoms with Crippen molar-refractivity contribution in [1.82, 2.24) is 5.32 Å². The quantitative estimate of drug-likeness (QED) is 0.701. The number of aryl methyl sites for hydroxylation is 1. The lowest BCUT2D eigenvalue weighted by atomic mass is 10.2. The van der Waals surface area contributed by atoms with Gasteiger partial charge in [0.1, 0.15) is 5.75 Å². The van der Waals surface area contributed by atoms with E-state index in [0.717, 1.165) is 44.0 Å². The number of hydrogen-bond donors (Lipinski definition) is 1. The smallest absolute Gasteiger partial charge is 0.138 e. The molecule has 102 valence electrons. The SMILES string of the molecule is CCNCCOCCCOc1cc(C)ccc1Cl. The van der Waals surface area contributed by atoms with Gasteiger partial charge in [-0.05, 0) is 31.2 Å². The predicted octanol–water partition coefficient (Wildman–Crippen LogP) is 3.04. The van der Waals surface area contributed by atoms with Gasteiger partial charge in [-0.15, -0.1) is 0 Å². The molecule has 3 nitrogen and oxygen atoms in total. The molecular weight excluding hydrogens is 250 g/mol. The van der Waals surface area contributed by atoms with Gasteiger partial charge in [-0.25, -0.2) is 0 Å². The minimum absolute atomic E-state index is 0.629. The molecule has 0 spiro atoms. The van der Waals surface area contributed by atoms with Crippen LogP contribution in [0.4, 0.5) is 0 Å². The number of benzene rings is 1. The molecular formula is C14H22ClNO2. The van der Waals surface area contributed by atoms with Crippen molar-refractivity contribution in [3.05, 3.63) is 28.8 Å². The molecule has 0 amide bonds. The van der Waals surface area contributed by atoms with Gasteiger partial charge >= 0.3 is 0 Å². The molecule has 0 aliphatic rings. The minimum atomic E-state index is 0.629. The number of halogens is 1. The summed E-state index contributed by atoms with van der Waals surface area (Å²) in [5.74, 6) is 0.754. The summed E-state index contributed by atoms with van der Waals surface area (Å²) in [5, 5.41) is 3.87. The molecule has 0 radical (unpaired) electrons. The van der Waals surface area contributed by atoms with Gasteiger partial charge in [0.05, 0.1) is 18.2 Å².